The molecule has 0 saturated carbocycles. The second-order valence-electron chi connectivity index (χ2n) is 4.82. The zero-order valence-corrected chi connectivity index (χ0v) is 10.6. The smallest absolute Gasteiger partial charge is 0.142 e. The van der Waals surface area contributed by atoms with Gasteiger partial charge in [0.25, 0.3) is 0 Å². The molecule has 0 amide bonds. The highest BCUT2D eigenvalue weighted by Crippen LogP contribution is 2.29. The van der Waals surface area contributed by atoms with Gasteiger partial charge in [0, 0.05) is 12.6 Å². The van der Waals surface area contributed by atoms with Crippen molar-refractivity contribution in [3.8, 4) is 0 Å². The van der Waals surface area contributed by atoms with E-state index in [9.17, 15) is 4.39 Å². The van der Waals surface area contributed by atoms with E-state index < -0.39 is 5.82 Å². The second-order valence-corrected chi connectivity index (χ2v) is 5.23. The fourth-order valence-corrected chi connectivity index (χ4v) is 2.35. The van der Waals surface area contributed by atoms with Crippen LogP contribution < -0.4 is 5.73 Å². The van der Waals surface area contributed by atoms with Crippen LogP contribution in [0.3, 0.4) is 0 Å². The Bertz CT molecular complexity index is 404. The molecule has 0 spiro atoms. The van der Waals surface area contributed by atoms with E-state index in [0.29, 0.717) is 6.42 Å². The summed E-state index contributed by atoms with van der Waals surface area (Å²) in [7, 11) is 0. The van der Waals surface area contributed by atoms with Gasteiger partial charge in [0.05, 0.1) is 10.6 Å². The normalized spacial score (nSPS) is 26.1. The monoisotopic (exact) mass is 257 g/mol. The summed E-state index contributed by atoms with van der Waals surface area (Å²) >= 11 is 5.64. The third-order valence-electron chi connectivity index (χ3n) is 3.47. The van der Waals surface area contributed by atoms with E-state index in [4.69, 9.17) is 22.1 Å². The van der Waals surface area contributed by atoms with Crippen molar-refractivity contribution in [2.75, 3.05) is 6.61 Å². The van der Waals surface area contributed by atoms with Crippen molar-refractivity contribution in [3.63, 3.8) is 0 Å². The molecule has 17 heavy (non-hydrogen) atoms. The lowest BCUT2D eigenvalue weighted by Crippen LogP contribution is -2.46. The molecule has 2 unspecified atom stereocenters. The van der Waals surface area contributed by atoms with Crippen molar-refractivity contribution in [2.45, 2.75) is 37.8 Å². The molecular weight excluding hydrogens is 241 g/mol. The maximum absolute atomic E-state index is 13.3. The van der Waals surface area contributed by atoms with Gasteiger partial charge in [-0.05, 0) is 43.9 Å². The minimum atomic E-state index is -0.395. The molecule has 2 nitrogen and oxygen atoms in total. The van der Waals surface area contributed by atoms with Crippen LogP contribution in [0.5, 0.6) is 0 Å². The van der Waals surface area contributed by atoms with Crippen molar-refractivity contribution in [3.05, 3.63) is 34.6 Å². The first kappa shape index (κ1) is 12.8. The predicted octanol–water partition coefficient (Wildman–Crippen LogP) is 2.92. The molecule has 1 aromatic rings. The number of rotatable bonds is 3. The SMILES string of the molecule is CC1(C(N)Cc2ccc(Cl)c(F)c2)CCCO1. The molecule has 1 aromatic carbocycles. The number of nitrogens with two attached hydrogens (primary N) is 1. The maximum atomic E-state index is 13.3. The lowest BCUT2D eigenvalue weighted by Gasteiger charge is -2.30. The first-order valence-electron chi connectivity index (χ1n) is 5.85. The number of hydrogen-bond donors (Lipinski definition) is 1. The average Bonchev–Trinajstić information content (AvgIpc) is 2.72. The summed E-state index contributed by atoms with van der Waals surface area (Å²) in [6.07, 6.45) is 2.61. The Kier molecular flexibility index (Phi) is 3.71. The van der Waals surface area contributed by atoms with Gasteiger partial charge in [0.1, 0.15) is 5.82 Å². The molecule has 0 radical (unpaired) electrons. The van der Waals surface area contributed by atoms with E-state index in [2.05, 4.69) is 0 Å². The largest absolute Gasteiger partial charge is 0.374 e. The highest BCUT2D eigenvalue weighted by atomic mass is 35.5. The first-order valence-corrected chi connectivity index (χ1v) is 6.22. The van der Waals surface area contributed by atoms with Crippen LogP contribution in [0.4, 0.5) is 4.39 Å². The molecule has 94 valence electrons. The van der Waals surface area contributed by atoms with Gasteiger partial charge in [-0.2, -0.15) is 0 Å². The Balaban J connectivity index is 2.07. The number of hydrogen-bond acceptors (Lipinski definition) is 2. The van der Waals surface area contributed by atoms with Gasteiger partial charge in [0.2, 0.25) is 0 Å². The number of benzene rings is 1. The average molecular weight is 258 g/mol. The molecule has 1 saturated heterocycles. The molecular formula is C13H17ClFNO. The molecule has 4 heteroatoms. The van der Waals surface area contributed by atoms with Crippen LogP contribution in [0.15, 0.2) is 18.2 Å². The zero-order valence-electron chi connectivity index (χ0n) is 9.88. The van der Waals surface area contributed by atoms with Gasteiger partial charge in [0.15, 0.2) is 0 Å². The Labute approximate surface area is 106 Å². The zero-order chi connectivity index (χ0) is 12.5. The maximum Gasteiger partial charge on any atom is 0.142 e. The van der Waals surface area contributed by atoms with Crippen LogP contribution in [0.25, 0.3) is 0 Å². The molecule has 0 aromatic heterocycles. The van der Waals surface area contributed by atoms with E-state index >= 15 is 0 Å². The highest BCUT2D eigenvalue weighted by Gasteiger charge is 2.36. The van der Waals surface area contributed by atoms with Crippen molar-refractivity contribution in [1.82, 2.24) is 0 Å². The second kappa shape index (κ2) is 4.92. The van der Waals surface area contributed by atoms with Gasteiger partial charge < -0.3 is 10.5 Å². The molecule has 1 aliphatic rings. The van der Waals surface area contributed by atoms with Crippen LogP contribution in [-0.4, -0.2) is 18.2 Å². The fourth-order valence-electron chi connectivity index (χ4n) is 2.23. The van der Waals surface area contributed by atoms with Crippen LogP contribution in [0, 0.1) is 5.82 Å². The fraction of sp³-hybridized carbons (Fsp3) is 0.538. The van der Waals surface area contributed by atoms with Crippen LogP contribution in [0.1, 0.15) is 25.3 Å². The Hall–Kier alpha value is -0.640. The lowest BCUT2D eigenvalue weighted by molar-refractivity contribution is -0.000919. The van der Waals surface area contributed by atoms with Crippen molar-refractivity contribution in [1.29, 1.82) is 0 Å². The third-order valence-corrected chi connectivity index (χ3v) is 3.78. The van der Waals surface area contributed by atoms with Gasteiger partial charge in [-0.15, -0.1) is 0 Å². The van der Waals surface area contributed by atoms with Crippen molar-refractivity contribution >= 4 is 11.6 Å². The Morgan fingerprint density at radius 3 is 2.94 bits per heavy atom. The van der Waals surface area contributed by atoms with Crippen LogP contribution in [0.2, 0.25) is 5.02 Å². The van der Waals surface area contributed by atoms with E-state index in [-0.39, 0.29) is 16.7 Å². The summed E-state index contributed by atoms with van der Waals surface area (Å²) in [5.74, 6) is -0.395. The summed E-state index contributed by atoms with van der Waals surface area (Å²) in [6, 6.07) is 4.70. The van der Waals surface area contributed by atoms with Crippen LogP contribution in [-0.2, 0) is 11.2 Å². The van der Waals surface area contributed by atoms with Gasteiger partial charge in [-0.1, -0.05) is 17.7 Å². The summed E-state index contributed by atoms with van der Waals surface area (Å²) in [5.41, 5.74) is 6.73. The lowest BCUT2D eigenvalue weighted by atomic mass is 9.89. The summed E-state index contributed by atoms with van der Waals surface area (Å²) < 4.78 is 19.0. The molecule has 2 N–H and O–H groups in total. The molecule has 1 aliphatic heterocycles. The molecule has 1 fully saturated rings. The van der Waals surface area contributed by atoms with Crippen molar-refractivity contribution < 1.29 is 9.13 Å². The topological polar surface area (TPSA) is 35.2 Å². The summed E-state index contributed by atoms with van der Waals surface area (Å²) in [5, 5.41) is 0.144. The summed E-state index contributed by atoms with van der Waals surface area (Å²) in [6.45, 7) is 2.79. The highest BCUT2D eigenvalue weighted by molar-refractivity contribution is 6.30. The minimum absolute atomic E-state index is 0.120. The van der Waals surface area contributed by atoms with E-state index in [1.807, 2.05) is 13.0 Å². The predicted molar refractivity (Wildman–Crippen MR) is 66.7 cm³/mol. The minimum Gasteiger partial charge on any atom is -0.374 e. The van der Waals surface area contributed by atoms with Crippen molar-refractivity contribution in [2.24, 2.45) is 5.73 Å². The van der Waals surface area contributed by atoms with Gasteiger partial charge >= 0.3 is 0 Å². The van der Waals surface area contributed by atoms with E-state index in [0.717, 1.165) is 25.0 Å². The first-order chi connectivity index (χ1) is 8.01. The Morgan fingerprint density at radius 2 is 2.35 bits per heavy atom. The van der Waals surface area contributed by atoms with Gasteiger partial charge in [-0.25, -0.2) is 4.39 Å². The van der Waals surface area contributed by atoms with Crippen LogP contribution >= 0.6 is 11.6 Å². The molecule has 1 heterocycles. The Morgan fingerprint density at radius 1 is 1.59 bits per heavy atom. The van der Waals surface area contributed by atoms with Gasteiger partial charge in [-0.3, -0.25) is 0 Å². The number of halogens is 2. The quantitative estimate of drug-likeness (QED) is 0.904. The van der Waals surface area contributed by atoms with E-state index in [1.54, 1.807) is 6.07 Å². The molecule has 2 atom stereocenters. The third kappa shape index (κ3) is 2.79. The standard InChI is InChI=1S/C13H17ClFNO/c1-13(5-2-6-17-13)12(16)8-9-3-4-10(14)11(15)7-9/h3-4,7,12H,2,5-6,8,16H2,1H3. The molecule has 0 bridgehead atoms. The number of ether oxygens (including phenoxy) is 1. The summed E-state index contributed by atoms with van der Waals surface area (Å²) in [4.78, 5) is 0. The van der Waals surface area contributed by atoms with E-state index in [1.165, 1.54) is 6.07 Å². The molecule has 2 rings (SSSR count). The molecule has 0 aliphatic carbocycles.